The minimum atomic E-state index is -0.455. The van der Waals surface area contributed by atoms with Gasteiger partial charge in [-0.2, -0.15) is 4.98 Å². The highest BCUT2D eigenvalue weighted by Crippen LogP contribution is 2.35. The Morgan fingerprint density at radius 2 is 2.29 bits per heavy atom. The first-order valence-corrected chi connectivity index (χ1v) is 7.07. The smallest absolute Gasteiger partial charge is 0.329 e. The number of morpholine rings is 1. The number of nitrogens with one attached hydrogen (secondary N) is 1. The lowest BCUT2D eigenvalue weighted by molar-refractivity contribution is -0.384. The van der Waals surface area contributed by atoms with Crippen LogP contribution in [0.2, 0.25) is 0 Å². The number of ether oxygens (including phenoxy) is 1. The van der Waals surface area contributed by atoms with Crippen molar-refractivity contribution in [2.24, 2.45) is 5.84 Å². The Kier molecular flexibility index (Phi) is 3.84. The molecule has 1 aliphatic carbocycles. The summed E-state index contributed by atoms with van der Waals surface area (Å²) in [6, 6.07) is 0.131. The van der Waals surface area contributed by atoms with E-state index in [4.69, 9.17) is 10.6 Å². The van der Waals surface area contributed by atoms with Gasteiger partial charge in [-0.15, -0.1) is 0 Å². The first kappa shape index (κ1) is 14.0. The largest absolute Gasteiger partial charge is 0.374 e. The topological polar surface area (TPSA) is 119 Å². The number of nitrogen functional groups attached to an aromatic ring is 1. The van der Waals surface area contributed by atoms with E-state index in [1.54, 1.807) is 0 Å². The van der Waals surface area contributed by atoms with Crippen molar-refractivity contribution in [1.29, 1.82) is 0 Å². The summed E-state index contributed by atoms with van der Waals surface area (Å²) in [6.45, 7) is 1.14. The zero-order valence-electron chi connectivity index (χ0n) is 11.6. The van der Waals surface area contributed by atoms with Crippen LogP contribution in [0, 0.1) is 10.1 Å². The molecule has 2 fully saturated rings. The van der Waals surface area contributed by atoms with Crippen LogP contribution in [0.25, 0.3) is 0 Å². The number of fused-ring (bicyclic) bond motifs is 1. The number of hydrogen-bond donors (Lipinski definition) is 2. The molecule has 114 valence electrons. The molecule has 1 aliphatic heterocycles. The van der Waals surface area contributed by atoms with Gasteiger partial charge in [0.05, 0.1) is 23.7 Å². The number of aromatic nitrogens is 2. The normalized spacial score (nSPS) is 25.3. The van der Waals surface area contributed by atoms with E-state index >= 15 is 0 Å². The molecule has 1 saturated carbocycles. The maximum absolute atomic E-state index is 11.2. The van der Waals surface area contributed by atoms with Crippen molar-refractivity contribution in [3.05, 3.63) is 16.3 Å². The van der Waals surface area contributed by atoms with Gasteiger partial charge in [-0.1, -0.05) is 12.8 Å². The predicted octanol–water partition coefficient (Wildman–Crippen LogP) is 0.818. The fourth-order valence-corrected chi connectivity index (χ4v) is 3.14. The zero-order valence-corrected chi connectivity index (χ0v) is 11.6. The quantitative estimate of drug-likeness (QED) is 0.477. The summed E-state index contributed by atoms with van der Waals surface area (Å²) in [6.07, 6.45) is 5.50. The van der Waals surface area contributed by atoms with Crippen LogP contribution in [0.1, 0.15) is 25.7 Å². The molecular formula is C12H18N6O3. The van der Waals surface area contributed by atoms with E-state index < -0.39 is 4.92 Å². The van der Waals surface area contributed by atoms with Crippen LogP contribution in [-0.4, -0.2) is 40.2 Å². The highest BCUT2D eigenvalue weighted by molar-refractivity contribution is 5.60. The standard InChI is InChI=1S/C12H18N6O3/c13-16-12-14-7-9(18(19)20)11(15-12)17-5-6-21-10-4-2-1-3-8(10)17/h7-8,10H,1-6,13H2,(H,14,15,16). The molecule has 3 rings (SSSR count). The molecule has 0 radical (unpaired) electrons. The third-order valence-corrected chi connectivity index (χ3v) is 4.08. The molecule has 0 aromatic carbocycles. The van der Waals surface area contributed by atoms with Crippen LogP contribution in [0.3, 0.4) is 0 Å². The summed E-state index contributed by atoms with van der Waals surface area (Å²) in [5.41, 5.74) is 2.24. The zero-order chi connectivity index (χ0) is 14.8. The Morgan fingerprint density at radius 1 is 1.48 bits per heavy atom. The molecule has 2 aliphatic rings. The van der Waals surface area contributed by atoms with E-state index in [0.29, 0.717) is 19.0 Å². The number of anilines is 2. The molecule has 2 unspecified atom stereocenters. The molecule has 0 amide bonds. The van der Waals surface area contributed by atoms with Crippen molar-refractivity contribution in [2.45, 2.75) is 37.8 Å². The summed E-state index contributed by atoms with van der Waals surface area (Å²) in [4.78, 5) is 20.8. The predicted molar refractivity (Wildman–Crippen MR) is 75.8 cm³/mol. The minimum Gasteiger partial charge on any atom is -0.374 e. The lowest BCUT2D eigenvalue weighted by atomic mass is 9.90. The molecule has 9 heteroatoms. The lowest BCUT2D eigenvalue weighted by Gasteiger charge is -2.44. The average molecular weight is 294 g/mol. The van der Waals surface area contributed by atoms with Gasteiger partial charge in [0.1, 0.15) is 6.20 Å². The molecule has 21 heavy (non-hydrogen) atoms. The molecular weight excluding hydrogens is 276 g/mol. The molecule has 0 spiro atoms. The summed E-state index contributed by atoms with van der Waals surface area (Å²) >= 11 is 0. The summed E-state index contributed by atoms with van der Waals surface area (Å²) in [7, 11) is 0. The molecule has 3 N–H and O–H groups in total. The first-order chi connectivity index (χ1) is 10.2. The molecule has 2 heterocycles. The average Bonchev–Trinajstić information content (AvgIpc) is 2.53. The summed E-state index contributed by atoms with van der Waals surface area (Å²) < 4.78 is 5.80. The number of nitrogens with zero attached hydrogens (tertiary/aromatic N) is 4. The molecule has 1 aromatic heterocycles. The highest BCUT2D eigenvalue weighted by Gasteiger charge is 2.37. The fraction of sp³-hybridized carbons (Fsp3) is 0.667. The van der Waals surface area contributed by atoms with E-state index in [9.17, 15) is 10.1 Å². The van der Waals surface area contributed by atoms with Crippen molar-refractivity contribution in [3.63, 3.8) is 0 Å². The third-order valence-electron chi connectivity index (χ3n) is 4.08. The second-order valence-electron chi connectivity index (χ2n) is 5.26. The van der Waals surface area contributed by atoms with Gasteiger partial charge in [0.25, 0.3) is 0 Å². The molecule has 2 atom stereocenters. The maximum Gasteiger partial charge on any atom is 0.329 e. The number of hydrogen-bond acceptors (Lipinski definition) is 8. The Morgan fingerprint density at radius 3 is 3.05 bits per heavy atom. The second kappa shape index (κ2) is 5.78. The second-order valence-corrected chi connectivity index (χ2v) is 5.26. The van der Waals surface area contributed by atoms with Gasteiger partial charge < -0.3 is 9.64 Å². The summed E-state index contributed by atoms with van der Waals surface area (Å²) in [5, 5.41) is 11.2. The maximum atomic E-state index is 11.2. The van der Waals surface area contributed by atoms with Crippen molar-refractivity contribution < 1.29 is 9.66 Å². The molecule has 9 nitrogen and oxygen atoms in total. The van der Waals surface area contributed by atoms with Crippen molar-refractivity contribution in [2.75, 3.05) is 23.5 Å². The van der Waals surface area contributed by atoms with E-state index in [1.165, 1.54) is 6.20 Å². The number of nitro groups is 1. The Bertz CT molecular complexity index is 538. The third kappa shape index (κ3) is 2.61. The van der Waals surface area contributed by atoms with Crippen molar-refractivity contribution in [1.82, 2.24) is 9.97 Å². The van der Waals surface area contributed by atoms with Gasteiger partial charge in [0, 0.05) is 6.54 Å². The molecule has 1 aromatic rings. The van der Waals surface area contributed by atoms with Crippen LogP contribution >= 0.6 is 0 Å². The summed E-state index contributed by atoms with van der Waals surface area (Å²) in [5.74, 6) is 5.82. The van der Waals surface area contributed by atoms with Crippen LogP contribution < -0.4 is 16.2 Å². The van der Waals surface area contributed by atoms with Crippen LogP contribution in [0.4, 0.5) is 17.5 Å². The Balaban J connectivity index is 1.98. The number of rotatable bonds is 3. The highest BCUT2D eigenvalue weighted by atomic mass is 16.6. The first-order valence-electron chi connectivity index (χ1n) is 7.07. The van der Waals surface area contributed by atoms with Gasteiger partial charge in [-0.25, -0.2) is 10.8 Å². The number of hydrazine groups is 1. The van der Waals surface area contributed by atoms with E-state index in [1.807, 2.05) is 4.90 Å². The van der Waals surface area contributed by atoms with Gasteiger partial charge in [-0.05, 0) is 12.8 Å². The van der Waals surface area contributed by atoms with Crippen molar-refractivity contribution in [3.8, 4) is 0 Å². The fourth-order valence-electron chi connectivity index (χ4n) is 3.14. The van der Waals surface area contributed by atoms with Crippen LogP contribution in [-0.2, 0) is 4.74 Å². The monoisotopic (exact) mass is 294 g/mol. The molecule has 0 bridgehead atoms. The van der Waals surface area contributed by atoms with Gasteiger partial charge in [0.15, 0.2) is 0 Å². The van der Waals surface area contributed by atoms with E-state index in [0.717, 1.165) is 25.7 Å². The number of nitrogens with two attached hydrogens (primary N) is 1. The van der Waals surface area contributed by atoms with Crippen molar-refractivity contribution >= 4 is 17.5 Å². The molecule has 1 saturated heterocycles. The van der Waals surface area contributed by atoms with Crippen LogP contribution in [0.15, 0.2) is 6.20 Å². The van der Waals surface area contributed by atoms with Gasteiger partial charge >= 0.3 is 5.69 Å². The van der Waals surface area contributed by atoms with E-state index in [-0.39, 0.29) is 23.8 Å². The van der Waals surface area contributed by atoms with Gasteiger partial charge in [0.2, 0.25) is 11.8 Å². The lowest BCUT2D eigenvalue weighted by Crippen LogP contribution is -2.53. The SMILES string of the molecule is NNc1ncc([N+](=O)[O-])c(N2CCOC3CCCCC32)n1. The van der Waals surface area contributed by atoms with Crippen LogP contribution in [0.5, 0.6) is 0 Å². The Hall–Kier alpha value is -2.00. The Labute approximate surface area is 121 Å². The van der Waals surface area contributed by atoms with E-state index in [2.05, 4.69) is 15.4 Å². The van der Waals surface area contributed by atoms with Gasteiger partial charge in [-0.3, -0.25) is 15.5 Å². The minimum absolute atomic E-state index is 0.0970.